The molecule has 0 spiro atoms. The Bertz CT molecular complexity index is 736. The third-order valence-electron chi connectivity index (χ3n) is 3.89. The first-order valence-electron chi connectivity index (χ1n) is 6.54. The second kappa shape index (κ2) is 4.59. The van der Waals surface area contributed by atoms with E-state index in [0.717, 1.165) is 36.8 Å². The van der Waals surface area contributed by atoms with Gasteiger partial charge in [0.15, 0.2) is 0 Å². The number of hydrogen-bond donors (Lipinski definition) is 1. The minimum atomic E-state index is -1.13. The number of rotatable bonds is 2. The van der Waals surface area contributed by atoms with Crippen LogP contribution in [0, 0.1) is 10.1 Å². The molecule has 0 saturated heterocycles. The monoisotopic (exact) mass is 271 g/mol. The highest BCUT2D eigenvalue weighted by atomic mass is 16.6. The summed E-state index contributed by atoms with van der Waals surface area (Å²) in [5.74, 6) is -1.13. The number of nitro groups is 1. The molecule has 0 heterocycles. The van der Waals surface area contributed by atoms with Crippen molar-refractivity contribution in [1.29, 1.82) is 0 Å². The van der Waals surface area contributed by atoms with Gasteiger partial charge in [0.1, 0.15) is 0 Å². The summed E-state index contributed by atoms with van der Waals surface area (Å²) in [6.45, 7) is 0. The number of nitro benzene ring substituents is 1. The summed E-state index contributed by atoms with van der Waals surface area (Å²) in [7, 11) is 0. The SMILES string of the molecule is O=C(O)c1cccc2c3c(cc([N+](=O)[O-])c12)CCCC3. The van der Waals surface area contributed by atoms with Crippen LogP contribution in [0.5, 0.6) is 0 Å². The van der Waals surface area contributed by atoms with E-state index >= 15 is 0 Å². The molecular formula is C15H13NO4. The van der Waals surface area contributed by atoms with E-state index in [1.54, 1.807) is 18.2 Å². The maximum Gasteiger partial charge on any atom is 0.336 e. The van der Waals surface area contributed by atoms with Crippen molar-refractivity contribution in [2.75, 3.05) is 0 Å². The Hall–Kier alpha value is -2.43. The van der Waals surface area contributed by atoms with Gasteiger partial charge in [0.05, 0.1) is 15.9 Å². The molecule has 1 N–H and O–H groups in total. The minimum Gasteiger partial charge on any atom is -0.478 e. The average molecular weight is 271 g/mol. The molecule has 0 fully saturated rings. The summed E-state index contributed by atoms with van der Waals surface area (Å²) in [5, 5.41) is 21.5. The molecule has 3 rings (SSSR count). The number of aromatic carboxylic acids is 1. The van der Waals surface area contributed by atoms with Crippen molar-refractivity contribution in [3.63, 3.8) is 0 Å². The molecule has 5 nitrogen and oxygen atoms in total. The molecule has 0 saturated carbocycles. The fourth-order valence-corrected chi connectivity index (χ4v) is 3.03. The van der Waals surface area contributed by atoms with Crippen LogP contribution in [-0.4, -0.2) is 16.0 Å². The average Bonchev–Trinajstić information content (AvgIpc) is 2.45. The summed E-state index contributed by atoms with van der Waals surface area (Å²) < 4.78 is 0. The van der Waals surface area contributed by atoms with Gasteiger partial charge < -0.3 is 5.11 Å². The summed E-state index contributed by atoms with van der Waals surface area (Å²) in [5.41, 5.74) is 1.96. The Morgan fingerprint density at radius 1 is 1.25 bits per heavy atom. The van der Waals surface area contributed by atoms with Crippen molar-refractivity contribution < 1.29 is 14.8 Å². The van der Waals surface area contributed by atoms with Crippen molar-refractivity contribution in [3.05, 3.63) is 51.1 Å². The molecule has 2 aromatic carbocycles. The standard InChI is InChI=1S/C15H13NO4/c17-15(18)12-7-3-6-11-10-5-2-1-4-9(10)8-13(14(11)12)16(19)20/h3,6-8H,1-2,4-5H2,(H,17,18). The molecule has 1 aliphatic carbocycles. The third kappa shape index (κ3) is 1.82. The maximum atomic E-state index is 11.3. The highest BCUT2D eigenvalue weighted by Crippen LogP contribution is 2.37. The topological polar surface area (TPSA) is 80.4 Å². The van der Waals surface area contributed by atoms with Crippen molar-refractivity contribution >= 4 is 22.4 Å². The molecule has 0 radical (unpaired) electrons. The zero-order valence-electron chi connectivity index (χ0n) is 10.8. The largest absolute Gasteiger partial charge is 0.478 e. The fraction of sp³-hybridized carbons (Fsp3) is 0.267. The van der Waals surface area contributed by atoms with E-state index < -0.39 is 10.9 Å². The lowest BCUT2D eigenvalue weighted by Gasteiger charge is -2.18. The number of aryl methyl sites for hydroxylation is 2. The zero-order valence-corrected chi connectivity index (χ0v) is 10.8. The molecule has 0 atom stereocenters. The van der Waals surface area contributed by atoms with E-state index in [-0.39, 0.29) is 16.6 Å². The molecule has 0 amide bonds. The summed E-state index contributed by atoms with van der Waals surface area (Å²) in [6, 6.07) is 6.43. The molecule has 5 heteroatoms. The van der Waals surface area contributed by atoms with E-state index in [2.05, 4.69) is 0 Å². The maximum absolute atomic E-state index is 11.3. The van der Waals surface area contributed by atoms with Crippen molar-refractivity contribution in [3.8, 4) is 0 Å². The van der Waals surface area contributed by atoms with E-state index in [4.69, 9.17) is 0 Å². The number of nitrogens with zero attached hydrogens (tertiary/aromatic N) is 1. The first-order valence-corrected chi connectivity index (χ1v) is 6.54. The van der Waals surface area contributed by atoms with Gasteiger partial charge in [-0.2, -0.15) is 0 Å². The number of hydrogen-bond acceptors (Lipinski definition) is 3. The number of carboxylic acids is 1. The van der Waals surface area contributed by atoms with Crippen LogP contribution < -0.4 is 0 Å². The van der Waals surface area contributed by atoms with Gasteiger partial charge >= 0.3 is 5.97 Å². The predicted octanol–water partition coefficient (Wildman–Crippen LogP) is 3.33. The van der Waals surface area contributed by atoms with Crippen LogP contribution in [0.4, 0.5) is 5.69 Å². The predicted molar refractivity (Wildman–Crippen MR) is 74.2 cm³/mol. The van der Waals surface area contributed by atoms with Gasteiger partial charge in [-0.1, -0.05) is 12.1 Å². The van der Waals surface area contributed by atoms with Crippen LogP contribution >= 0.6 is 0 Å². The Kier molecular flexibility index (Phi) is 2.89. The van der Waals surface area contributed by atoms with Gasteiger partial charge in [0.2, 0.25) is 0 Å². The Morgan fingerprint density at radius 3 is 2.70 bits per heavy atom. The van der Waals surface area contributed by atoms with Gasteiger partial charge in [-0.05, 0) is 48.3 Å². The van der Waals surface area contributed by atoms with Crippen molar-refractivity contribution in [2.45, 2.75) is 25.7 Å². The van der Waals surface area contributed by atoms with E-state index in [0.29, 0.717) is 5.39 Å². The number of carboxylic acid groups (broad SMARTS) is 1. The molecule has 1 aliphatic rings. The highest BCUT2D eigenvalue weighted by Gasteiger charge is 2.24. The van der Waals surface area contributed by atoms with Crippen LogP contribution in [0.1, 0.15) is 34.3 Å². The van der Waals surface area contributed by atoms with Crippen LogP contribution in [0.15, 0.2) is 24.3 Å². The van der Waals surface area contributed by atoms with Crippen LogP contribution in [0.2, 0.25) is 0 Å². The normalized spacial score (nSPS) is 14.0. The lowest BCUT2D eigenvalue weighted by atomic mass is 9.86. The molecule has 2 aromatic rings. The highest BCUT2D eigenvalue weighted by molar-refractivity contribution is 6.09. The van der Waals surface area contributed by atoms with Gasteiger partial charge in [0.25, 0.3) is 5.69 Å². The number of fused-ring (bicyclic) bond motifs is 3. The quantitative estimate of drug-likeness (QED) is 0.671. The van der Waals surface area contributed by atoms with Crippen LogP contribution in [0.25, 0.3) is 10.8 Å². The van der Waals surface area contributed by atoms with Gasteiger partial charge in [-0.3, -0.25) is 10.1 Å². The van der Waals surface area contributed by atoms with Gasteiger partial charge in [-0.25, -0.2) is 4.79 Å². The molecular weight excluding hydrogens is 258 g/mol. The lowest BCUT2D eigenvalue weighted by Crippen LogP contribution is -2.07. The first-order chi connectivity index (χ1) is 9.59. The van der Waals surface area contributed by atoms with Crippen molar-refractivity contribution in [1.82, 2.24) is 0 Å². The van der Waals surface area contributed by atoms with Gasteiger partial charge in [-0.15, -0.1) is 0 Å². The van der Waals surface area contributed by atoms with Crippen LogP contribution in [-0.2, 0) is 12.8 Å². The Morgan fingerprint density at radius 2 is 2.00 bits per heavy atom. The second-order valence-corrected chi connectivity index (χ2v) is 5.03. The fourth-order valence-electron chi connectivity index (χ4n) is 3.03. The second-order valence-electron chi connectivity index (χ2n) is 5.03. The molecule has 0 aliphatic heterocycles. The first kappa shape index (κ1) is 12.6. The lowest BCUT2D eigenvalue weighted by molar-refractivity contribution is -0.383. The van der Waals surface area contributed by atoms with E-state index in [1.807, 2.05) is 0 Å². The molecule has 0 aromatic heterocycles. The van der Waals surface area contributed by atoms with E-state index in [1.165, 1.54) is 6.07 Å². The number of non-ortho nitro benzene ring substituents is 1. The number of carbonyl (C=O) groups is 1. The number of benzene rings is 2. The zero-order chi connectivity index (χ0) is 14.3. The summed E-state index contributed by atoms with van der Waals surface area (Å²) in [6.07, 6.45) is 3.74. The molecule has 0 bridgehead atoms. The smallest absolute Gasteiger partial charge is 0.336 e. The van der Waals surface area contributed by atoms with Crippen LogP contribution in [0.3, 0.4) is 0 Å². The molecule has 20 heavy (non-hydrogen) atoms. The summed E-state index contributed by atoms with van der Waals surface area (Å²) in [4.78, 5) is 22.1. The minimum absolute atomic E-state index is 0.00238. The van der Waals surface area contributed by atoms with Crippen molar-refractivity contribution in [2.24, 2.45) is 0 Å². The third-order valence-corrected chi connectivity index (χ3v) is 3.89. The Labute approximate surface area is 115 Å². The molecule has 0 unspecified atom stereocenters. The molecule has 102 valence electrons. The van der Waals surface area contributed by atoms with Gasteiger partial charge in [0, 0.05) is 6.07 Å². The van der Waals surface area contributed by atoms with E-state index in [9.17, 15) is 20.0 Å². The summed E-state index contributed by atoms with van der Waals surface area (Å²) >= 11 is 0. The Balaban J connectivity index is 2.46.